The second kappa shape index (κ2) is 12.4. The van der Waals surface area contributed by atoms with Crippen LogP contribution in [0.5, 0.6) is 0 Å². The Morgan fingerprint density at radius 1 is 1.02 bits per heavy atom. The summed E-state index contributed by atoms with van der Waals surface area (Å²) in [4.78, 5) is 12.5. The summed E-state index contributed by atoms with van der Waals surface area (Å²) in [5.74, 6) is 0.370. The maximum atomic E-state index is 12.5. The predicted octanol–water partition coefficient (Wildman–Crippen LogP) is 7.82. The zero-order valence-corrected chi connectivity index (χ0v) is 29.4. The van der Waals surface area contributed by atoms with E-state index in [1.165, 1.54) is 16.7 Å². The Hall–Kier alpha value is -2.07. The van der Waals surface area contributed by atoms with E-state index in [4.69, 9.17) is 21.1 Å². The van der Waals surface area contributed by atoms with Crippen molar-refractivity contribution in [1.29, 1.82) is 0 Å². The Labute approximate surface area is 289 Å². The SMILES string of the molecule is CC1(C)COC2(CCC3=C4C(c5ccc(CNC(=O)Nc6ccc(Cl)cc6)cc5)CC5(C)C(CCC5[C@@H](O)S)C4CC[C@@]3(O)C2)OC1. The number of halogens is 1. The summed E-state index contributed by atoms with van der Waals surface area (Å²) >= 11 is 10.5. The summed E-state index contributed by atoms with van der Waals surface area (Å²) in [7, 11) is 0. The maximum Gasteiger partial charge on any atom is 0.319 e. The Bertz CT molecular complexity index is 1520. The van der Waals surface area contributed by atoms with Gasteiger partial charge in [0.25, 0.3) is 0 Å². The number of allylic oxidation sites excluding steroid dienone is 1. The number of anilines is 1. The number of aliphatic hydroxyl groups excluding tert-OH is 1. The summed E-state index contributed by atoms with van der Waals surface area (Å²) in [5, 5.41) is 29.7. The van der Waals surface area contributed by atoms with Crippen molar-refractivity contribution in [3.8, 4) is 0 Å². The highest BCUT2D eigenvalue weighted by molar-refractivity contribution is 7.80. The monoisotopic (exact) mass is 680 g/mol. The van der Waals surface area contributed by atoms with E-state index in [0.717, 1.165) is 44.1 Å². The normalized spacial score (nSPS) is 34.6. The predicted molar refractivity (Wildman–Crippen MR) is 187 cm³/mol. The Kier molecular flexibility index (Phi) is 8.79. The van der Waals surface area contributed by atoms with E-state index in [1.807, 2.05) is 0 Å². The number of hydrogen-bond donors (Lipinski definition) is 5. The molecule has 4 fully saturated rings. The summed E-state index contributed by atoms with van der Waals surface area (Å²) in [5.41, 5.74) is 3.88. The molecule has 9 heteroatoms. The third-order valence-corrected chi connectivity index (χ3v) is 12.8. The van der Waals surface area contributed by atoms with Crippen LogP contribution >= 0.6 is 24.2 Å². The van der Waals surface area contributed by atoms with Crippen molar-refractivity contribution in [2.24, 2.45) is 28.6 Å². The lowest BCUT2D eigenvalue weighted by Crippen LogP contribution is -2.57. The van der Waals surface area contributed by atoms with Gasteiger partial charge >= 0.3 is 6.03 Å². The number of carbonyl (C=O) groups excluding carboxylic acids is 1. The molecular formula is C38H49ClN2O5S. The van der Waals surface area contributed by atoms with Crippen LogP contribution in [0.2, 0.25) is 5.02 Å². The van der Waals surface area contributed by atoms with Crippen LogP contribution in [0.4, 0.5) is 10.5 Å². The van der Waals surface area contributed by atoms with Gasteiger partial charge in [-0.2, -0.15) is 0 Å². The molecule has 254 valence electrons. The first-order valence-corrected chi connectivity index (χ1v) is 18.2. The number of amides is 2. The molecule has 2 amide bonds. The summed E-state index contributed by atoms with van der Waals surface area (Å²) in [6, 6.07) is 15.3. The summed E-state index contributed by atoms with van der Waals surface area (Å²) in [6.07, 6.45) is 6.62. The molecule has 0 bridgehead atoms. The molecule has 1 aliphatic heterocycles. The fourth-order valence-corrected chi connectivity index (χ4v) is 10.5. The molecule has 0 radical (unpaired) electrons. The highest BCUT2D eigenvalue weighted by atomic mass is 35.5. The van der Waals surface area contributed by atoms with E-state index < -0.39 is 16.8 Å². The van der Waals surface area contributed by atoms with Gasteiger partial charge in [0.1, 0.15) is 0 Å². The average molecular weight is 681 g/mol. The number of fused-ring (bicyclic) bond motifs is 4. The van der Waals surface area contributed by atoms with Crippen LogP contribution in [0.15, 0.2) is 59.7 Å². The highest BCUT2D eigenvalue weighted by Gasteiger charge is 2.61. The zero-order valence-electron chi connectivity index (χ0n) is 27.7. The van der Waals surface area contributed by atoms with E-state index in [-0.39, 0.29) is 28.7 Å². The van der Waals surface area contributed by atoms with Gasteiger partial charge in [0.05, 0.1) is 24.3 Å². The van der Waals surface area contributed by atoms with Crippen LogP contribution in [-0.2, 0) is 16.0 Å². The van der Waals surface area contributed by atoms with Crippen molar-refractivity contribution in [3.63, 3.8) is 0 Å². The minimum Gasteiger partial charge on any atom is -0.385 e. The minimum atomic E-state index is -0.945. The van der Waals surface area contributed by atoms with E-state index in [2.05, 4.69) is 68.3 Å². The van der Waals surface area contributed by atoms with E-state index >= 15 is 0 Å². The molecule has 5 aliphatic rings. The molecule has 2 aromatic carbocycles. The first kappa shape index (κ1) is 33.4. The lowest BCUT2D eigenvalue weighted by Gasteiger charge is -2.58. The van der Waals surface area contributed by atoms with Gasteiger partial charge in [0.15, 0.2) is 5.79 Å². The molecule has 1 saturated heterocycles. The molecule has 7 nitrogen and oxygen atoms in total. The molecule has 7 rings (SSSR count). The number of hydrogen-bond acceptors (Lipinski definition) is 6. The molecular weight excluding hydrogens is 632 g/mol. The lowest BCUT2D eigenvalue weighted by atomic mass is 9.50. The quantitative estimate of drug-likeness (QED) is 0.126. The maximum absolute atomic E-state index is 12.5. The lowest BCUT2D eigenvalue weighted by molar-refractivity contribution is -0.322. The Balaban J connectivity index is 1.16. The van der Waals surface area contributed by atoms with Gasteiger partial charge in [-0.25, -0.2) is 4.79 Å². The van der Waals surface area contributed by atoms with Gasteiger partial charge in [0, 0.05) is 41.4 Å². The first-order valence-electron chi connectivity index (χ1n) is 17.3. The van der Waals surface area contributed by atoms with Crippen molar-refractivity contribution >= 4 is 35.9 Å². The van der Waals surface area contributed by atoms with Crippen LogP contribution in [0, 0.1) is 28.6 Å². The van der Waals surface area contributed by atoms with Crippen molar-refractivity contribution < 1.29 is 24.5 Å². The van der Waals surface area contributed by atoms with Gasteiger partial charge in [0.2, 0.25) is 0 Å². The molecule has 4 N–H and O–H groups in total. The molecule has 1 heterocycles. The summed E-state index contributed by atoms with van der Waals surface area (Å²) in [6.45, 7) is 8.37. The Morgan fingerprint density at radius 2 is 1.72 bits per heavy atom. The zero-order chi connectivity index (χ0) is 33.2. The number of nitrogens with one attached hydrogen (secondary N) is 2. The first-order chi connectivity index (χ1) is 22.3. The van der Waals surface area contributed by atoms with Gasteiger partial charge in [-0.3, -0.25) is 0 Å². The van der Waals surface area contributed by atoms with Crippen LogP contribution in [0.3, 0.4) is 0 Å². The van der Waals surface area contributed by atoms with Crippen LogP contribution in [0.1, 0.15) is 89.2 Å². The van der Waals surface area contributed by atoms with E-state index in [9.17, 15) is 15.0 Å². The standard InChI is InChI=1S/C38H49ClN2O5S/c1-35(2)21-45-38(46-22-35)17-15-30-32-27(14-16-37(30,44)20-38)29-12-13-31(33(42)47)36(29,3)18-28(32)24-6-4-23(5-7-24)19-40-34(43)41-26-10-8-25(39)9-11-26/h4-11,27-29,31,33,42,44,47H,12-22H2,1-3H3,(H2,40,41,43)/t27?,28?,29?,31?,33-,36?,37+/m0/s1. The smallest absolute Gasteiger partial charge is 0.319 e. The van der Waals surface area contributed by atoms with Crippen molar-refractivity contribution in [2.75, 3.05) is 18.5 Å². The number of urea groups is 1. The molecule has 3 saturated carbocycles. The molecule has 5 unspecified atom stereocenters. The van der Waals surface area contributed by atoms with Crippen LogP contribution in [-0.4, -0.2) is 46.3 Å². The second-order valence-electron chi connectivity index (χ2n) is 16.0. The Morgan fingerprint density at radius 3 is 2.40 bits per heavy atom. The number of carbonyl (C=O) groups is 1. The number of thiol groups is 1. The number of aliphatic hydroxyl groups is 2. The van der Waals surface area contributed by atoms with Crippen LogP contribution in [0.25, 0.3) is 0 Å². The fourth-order valence-electron chi connectivity index (χ4n) is 9.84. The molecule has 2 aromatic rings. The molecule has 4 aliphatic carbocycles. The van der Waals surface area contributed by atoms with Gasteiger partial charge in [-0.15, -0.1) is 12.6 Å². The topological polar surface area (TPSA) is 100 Å². The van der Waals surface area contributed by atoms with Gasteiger partial charge < -0.3 is 30.3 Å². The van der Waals surface area contributed by atoms with Crippen LogP contribution < -0.4 is 10.6 Å². The molecule has 1 spiro atoms. The number of ether oxygens (including phenoxy) is 2. The minimum absolute atomic E-state index is 0.0258. The largest absolute Gasteiger partial charge is 0.385 e. The van der Waals surface area contributed by atoms with Crippen molar-refractivity contribution in [2.45, 2.75) is 101 Å². The third kappa shape index (κ3) is 6.28. The fraction of sp³-hybridized carbons (Fsp3) is 0.605. The van der Waals surface area contributed by atoms with E-state index in [0.29, 0.717) is 55.1 Å². The van der Waals surface area contributed by atoms with Crippen molar-refractivity contribution in [3.05, 3.63) is 75.8 Å². The number of rotatable bonds is 5. The average Bonchev–Trinajstić information content (AvgIpc) is 3.39. The highest BCUT2D eigenvalue weighted by Crippen LogP contribution is 2.67. The van der Waals surface area contributed by atoms with E-state index in [1.54, 1.807) is 24.3 Å². The second-order valence-corrected chi connectivity index (χ2v) is 16.9. The third-order valence-electron chi connectivity index (χ3n) is 12.2. The summed E-state index contributed by atoms with van der Waals surface area (Å²) < 4.78 is 12.8. The molecule has 47 heavy (non-hydrogen) atoms. The number of benzene rings is 2. The van der Waals surface area contributed by atoms with Crippen molar-refractivity contribution in [1.82, 2.24) is 5.32 Å². The molecule has 0 aromatic heterocycles. The molecule has 7 atom stereocenters. The van der Waals surface area contributed by atoms with Gasteiger partial charge in [-0.05, 0) is 103 Å². The van der Waals surface area contributed by atoms with Gasteiger partial charge in [-0.1, -0.05) is 62.2 Å².